The van der Waals surface area contributed by atoms with Gasteiger partial charge in [-0.3, -0.25) is 4.79 Å². The van der Waals surface area contributed by atoms with E-state index in [9.17, 15) is 9.59 Å². The number of ether oxygens (including phenoxy) is 1. The standard InChI is InChI=1S/C20H23N5O3S2/c1-6-28-19(27)17-13(4)14(5)30-18(17)21-16(26)10-29-20-22-23-24-25(20)15-9-11(2)7-8-12(15)3/h7-9H,6,10H2,1-5H3,(H,21,26). The number of aryl methyl sites for hydroxylation is 3. The molecule has 2 aromatic heterocycles. The van der Waals surface area contributed by atoms with Crippen LogP contribution in [0.1, 0.15) is 38.8 Å². The van der Waals surface area contributed by atoms with Crippen molar-refractivity contribution in [3.05, 3.63) is 45.3 Å². The number of carbonyl (C=O) groups excluding carboxylic acids is 2. The van der Waals surface area contributed by atoms with Crippen molar-refractivity contribution in [2.75, 3.05) is 17.7 Å². The Bertz CT molecular complexity index is 1090. The lowest BCUT2D eigenvalue weighted by Gasteiger charge is -2.09. The zero-order valence-electron chi connectivity index (χ0n) is 17.5. The van der Waals surface area contributed by atoms with Crippen LogP contribution in [-0.4, -0.2) is 44.4 Å². The smallest absolute Gasteiger partial charge is 0.341 e. The highest BCUT2D eigenvalue weighted by Gasteiger charge is 2.22. The third kappa shape index (κ3) is 4.71. The number of tetrazole rings is 1. The van der Waals surface area contributed by atoms with Gasteiger partial charge in [0.25, 0.3) is 0 Å². The number of nitrogens with one attached hydrogen (secondary N) is 1. The maximum absolute atomic E-state index is 12.6. The molecule has 8 nitrogen and oxygen atoms in total. The summed E-state index contributed by atoms with van der Waals surface area (Å²) >= 11 is 2.59. The van der Waals surface area contributed by atoms with Crippen LogP contribution >= 0.6 is 23.1 Å². The van der Waals surface area contributed by atoms with Gasteiger partial charge in [0.1, 0.15) is 5.00 Å². The van der Waals surface area contributed by atoms with E-state index in [0.717, 1.165) is 27.3 Å². The number of hydrogen-bond donors (Lipinski definition) is 1. The quantitative estimate of drug-likeness (QED) is 0.435. The molecule has 0 aliphatic heterocycles. The van der Waals surface area contributed by atoms with Crippen molar-refractivity contribution in [2.45, 2.75) is 39.8 Å². The summed E-state index contributed by atoms with van der Waals surface area (Å²) < 4.78 is 6.76. The summed E-state index contributed by atoms with van der Waals surface area (Å²) in [6.45, 7) is 9.76. The summed E-state index contributed by atoms with van der Waals surface area (Å²) in [5.74, 6) is -0.577. The van der Waals surface area contributed by atoms with E-state index in [1.807, 2.05) is 45.9 Å². The van der Waals surface area contributed by atoms with Crippen LogP contribution in [0.2, 0.25) is 0 Å². The number of benzene rings is 1. The van der Waals surface area contributed by atoms with Crippen LogP contribution < -0.4 is 5.32 Å². The first-order chi connectivity index (χ1) is 14.3. The molecule has 0 bridgehead atoms. The van der Waals surface area contributed by atoms with Crippen LogP contribution in [0.3, 0.4) is 0 Å². The first-order valence-electron chi connectivity index (χ1n) is 9.37. The Hall–Kier alpha value is -2.72. The zero-order valence-corrected chi connectivity index (χ0v) is 19.1. The van der Waals surface area contributed by atoms with E-state index in [4.69, 9.17) is 4.74 Å². The van der Waals surface area contributed by atoms with Crippen molar-refractivity contribution in [3.8, 4) is 5.69 Å². The van der Waals surface area contributed by atoms with Gasteiger partial charge in [-0.15, -0.1) is 16.4 Å². The van der Waals surface area contributed by atoms with Gasteiger partial charge in [-0.05, 0) is 67.8 Å². The Labute approximate surface area is 183 Å². The Kier molecular flexibility index (Phi) is 6.88. The highest BCUT2D eigenvalue weighted by molar-refractivity contribution is 7.99. The first-order valence-corrected chi connectivity index (χ1v) is 11.2. The predicted octanol–water partition coefficient (Wildman–Crippen LogP) is 3.86. The summed E-state index contributed by atoms with van der Waals surface area (Å²) in [6, 6.07) is 6.03. The van der Waals surface area contributed by atoms with Crippen LogP contribution in [0.4, 0.5) is 5.00 Å². The van der Waals surface area contributed by atoms with E-state index >= 15 is 0 Å². The van der Waals surface area contributed by atoms with E-state index in [1.54, 1.807) is 11.6 Å². The Morgan fingerprint density at radius 3 is 2.73 bits per heavy atom. The minimum Gasteiger partial charge on any atom is -0.462 e. The topological polar surface area (TPSA) is 99.0 Å². The molecule has 2 heterocycles. The molecule has 0 aliphatic carbocycles. The van der Waals surface area contributed by atoms with Gasteiger partial charge in [0.2, 0.25) is 11.1 Å². The van der Waals surface area contributed by atoms with E-state index < -0.39 is 5.97 Å². The number of esters is 1. The highest BCUT2D eigenvalue weighted by Crippen LogP contribution is 2.33. The molecule has 1 amide bonds. The van der Waals surface area contributed by atoms with Crippen molar-refractivity contribution in [1.82, 2.24) is 20.2 Å². The number of amides is 1. The average molecular weight is 446 g/mol. The predicted molar refractivity (Wildman–Crippen MR) is 118 cm³/mol. The molecule has 0 aliphatic rings. The van der Waals surface area contributed by atoms with Gasteiger partial charge in [0.15, 0.2) is 0 Å². The van der Waals surface area contributed by atoms with Gasteiger partial charge in [-0.25, -0.2) is 4.79 Å². The summed E-state index contributed by atoms with van der Waals surface area (Å²) in [6.07, 6.45) is 0. The molecular formula is C20H23N5O3S2. The average Bonchev–Trinajstić information content (AvgIpc) is 3.27. The fourth-order valence-corrected chi connectivity index (χ4v) is 4.57. The summed E-state index contributed by atoms with van der Waals surface area (Å²) in [5, 5.41) is 15.7. The maximum atomic E-state index is 12.6. The van der Waals surface area contributed by atoms with E-state index in [1.165, 1.54) is 23.1 Å². The van der Waals surface area contributed by atoms with Gasteiger partial charge in [0.05, 0.1) is 23.6 Å². The molecule has 158 valence electrons. The second-order valence-corrected chi connectivity index (χ2v) is 8.88. The second-order valence-electron chi connectivity index (χ2n) is 6.71. The molecule has 1 aromatic carbocycles. The number of aromatic nitrogens is 4. The van der Waals surface area contributed by atoms with Crippen LogP contribution in [0.5, 0.6) is 0 Å². The van der Waals surface area contributed by atoms with Gasteiger partial charge >= 0.3 is 5.97 Å². The molecule has 3 rings (SSSR count). The Morgan fingerprint density at radius 2 is 2.00 bits per heavy atom. The zero-order chi connectivity index (χ0) is 21.8. The fourth-order valence-electron chi connectivity index (χ4n) is 2.82. The monoisotopic (exact) mass is 445 g/mol. The van der Waals surface area contributed by atoms with Crippen LogP contribution in [0, 0.1) is 27.7 Å². The van der Waals surface area contributed by atoms with Crippen molar-refractivity contribution < 1.29 is 14.3 Å². The fraction of sp³-hybridized carbons (Fsp3) is 0.350. The molecule has 0 unspecified atom stereocenters. The van der Waals surface area contributed by atoms with Gasteiger partial charge in [-0.1, -0.05) is 23.9 Å². The SMILES string of the molecule is CCOC(=O)c1c(NC(=O)CSc2nnnn2-c2cc(C)ccc2C)sc(C)c1C. The van der Waals surface area contributed by atoms with Gasteiger partial charge in [-0.2, -0.15) is 4.68 Å². The minimum atomic E-state index is -0.429. The van der Waals surface area contributed by atoms with E-state index in [-0.39, 0.29) is 18.3 Å². The van der Waals surface area contributed by atoms with Crippen LogP contribution in [0.15, 0.2) is 23.4 Å². The van der Waals surface area contributed by atoms with Crippen molar-refractivity contribution in [1.29, 1.82) is 0 Å². The summed E-state index contributed by atoms with van der Waals surface area (Å²) in [5.41, 5.74) is 4.23. The van der Waals surface area contributed by atoms with Crippen LogP contribution in [0.25, 0.3) is 5.69 Å². The van der Waals surface area contributed by atoms with E-state index in [2.05, 4.69) is 20.8 Å². The highest BCUT2D eigenvalue weighted by atomic mass is 32.2. The van der Waals surface area contributed by atoms with Crippen molar-refractivity contribution >= 4 is 40.0 Å². The normalized spacial score (nSPS) is 10.8. The molecule has 0 saturated carbocycles. The lowest BCUT2D eigenvalue weighted by Crippen LogP contribution is -2.17. The number of thioether (sulfide) groups is 1. The minimum absolute atomic E-state index is 0.101. The van der Waals surface area contributed by atoms with Crippen molar-refractivity contribution in [3.63, 3.8) is 0 Å². The number of rotatable bonds is 7. The molecule has 0 spiro atoms. The third-order valence-corrected chi connectivity index (χ3v) is 6.53. The molecule has 0 saturated heterocycles. The first kappa shape index (κ1) is 22.0. The maximum Gasteiger partial charge on any atom is 0.341 e. The lowest BCUT2D eigenvalue weighted by atomic mass is 10.1. The summed E-state index contributed by atoms with van der Waals surface area (Å²) in [7, 11) is 0. The molecule has 10 heteroatoms. The number of carbonyl (C=O) groups is 2. The molecule has 3 aromatic rings. The van der Waals surface area contributed by atoms with E-state index in [0.29, 0.717) is 15.7 Å². The molecule has 0 fully saturated rings. The summed E-state index contributed by atoms with van der Waals surface area (Å²) in [4.78, 5) is 25.8. The van der Waals surface area contributed by atoms with Crippen LogP contribution in [-0.2, 0) is 9.53 Å². The Balaban J connectivity index is 1.73. The number of hydrogen-bond acceptors (Lipinski definition) is 8. The molecular weight excluding hydrogens is 422 g/mol. The number of nitrogens with zero attached hydrogens (tertiary/aromatic N) is 4. The van der Waals surface area contributed by atoms with Gasteiger partial charge in [0, 0.05) is 4.88 Å². The Morgan fingerprint density at radius 1 is 1.23 bits per heavy atom. The number of anilines is 1. The molecule has 0 radical (unpaired) electrons. The van der Waals surface area contributed by atoms with Gasteiger partial charge < -0.3 is 10.1 Å². The molecule has 1 N–H and O–H groups in total. The number of thiophene rings is 1. The second kappa shape index (κ2) is 9.40. The third-order valence-electron chi connectivity index (χ3n) is 4.48. The lowest BCUT2D eigenvalue weighted by molar-refractivity contribution is -0.113. The largest absolute Gasteiger partial charge is 0.462 e. The molecule has 0 atom stereocenters. The van der Waals surface area contributed by atoms with Crippen molar-refractivity contribution in [2.24, 2.45) is 0 Å². The molecule has 30 heavy (non-hydrogen) atoms.